The second-order valence-corrected chi connectivity index (χ2v) is 8.64. The number of allylic oxidation sites excluding steroid dienone is 4. The Kier molecular flexibility index (Phi) is 6.57. The molecule has 0 radical (unpaired) electrons. The van der Waals surface area contributed by atoms with Crippen molar-refractivity contribution in [3.63, 3.8) is 0 Å². The summed E-state index contributed by atoms with van der Waals surface area (Å²) < 4.78 is 0. The number of benzene rings is 2. The molecule has 2 aliphatic rings. The molecule has 0 spiro atoms. The molecule has 0 saturated carbocycles. The Hall–Kier alpha value is -4.38. The highest BCUT2D eigenvalue weighted by Gasteiger charge is 2.28. The minimum Gasteiger partial charge on any atom is -0.350 e. The first kappa shape index (κ1) is 22.4. The summed E-state index contributed by atoms with van der Waals surface area (Å²) in [6, 6.07) is 19.5. The number of amides is 2. The van der Waals surface area contributed by atoms with Crippen LogP contribution in [-0.4, -0.2) is 29.9 Å². The van der Waals surface area contributed by atoms with Crippen LogP contribution in [0.3, 0.4) is 0 Å². The van der Waals surface area contributed by atoms with Crippen LogP contribution >= 0.6 is 0 Å². The van der Waals surface area contributed by atoms with Crippen molar-refractivity contribution in [3.8, 4) is 22.3 Å². The summed E-state index contributed by atoms with van der Waals surface area (Å²) in [5.74, 6) is -0.151. The molecule has 0 aliphatic heterocycles. The number of carbonyl (C=O) groups excluding carboxylic acids is 2. The zero-order chi connectivity index (χ0) is 24.0. The quantitative estimate of drug-likeness (QED) is 0.426. The van der Waals surface area contributed by atoms with Gasteiger partial charge < -0.3 is 15.6 Å². The summed E-state index contributed by atoms with van der Waals surface area (Å²) in [6.45, 7) is 0.975. The minimum absolute atomic E-state index is 0.165. The fourth-order valence-corrected chi connectivity index (χ4v) is 4.45. The molecule has 174 valence electrons. The molecule has 1 aromatic heterocycles. The second kappa shape index (κ2) is 10.3. The molecule has 2 aromatic carbocycles. The van der Waals surface area contributed by atoms with Crippen LogP contribution in [0, 0.1) is 11.8 Å². The highest BCUT2D eigenvalue weighted by atomic mass is 16.2. The van der Waals surface area contributed by atoms with Crippen molar-refractivity contribution in [1.82, 2.24) is 15.6 Å². The van der Waals surface area contributed by atoms with Crippen LogP contribution in [0.1, 0.15) is 21.0 Å². The predicted molar refractivity (Wildman–Crippen MR) is 140 cm³/mol. The summed E-state index contributed by atoms with van der Waals surface area (Å²) in [5, 5.41) is 6.07. The SMILES string of the molecule is O=C(NCC1C=CC=C1)c1[nH]c(C(=O)NCC2C=CC=C2)c(-c2ccccc2)c1-c1ccccc1. The maximum atomic E-state index is 13.4. The lowest BCUT2D eigenvalue weighted by atomic mass is 9.94. The fourth-order valence-electron chi connectivity index (χ4n) is 4.45. The van der Waals surface area contributed by atoms with Crippen LogP contribution in [-0.2, 0) is 0 Å². The minimum atomic E-state index is -0.240. The maximum absolute atomic E-state index is 13.4. The molecule has 2 aliphatic carbocycles. The second-order valence-electron chi connectivity index (χ2n) is 8.64. The third-order valence-electron chi connectivity index (χ3n) is 6.23. The van der Waals surface area contributed by atoms with E-state index in [1.165, 1.54) is 0 Å². The van der Waals surface area contributed by atoms with Gasteiger partial charge in [0.05, 0.1) is 0 Å². The number of aromatic nitrogens is 1. The first-order chi connectivity index (χ1) is 17.2. The lowest BCUT2D eigenvalue weighted by molar-refractivity contribution is 0.0946. The average molecular weight is 462 g/mol. The van der Waals surface area contributed by atoms with E-state index in [1.807, 2.05) is 109 Å². The Morgan fingerprint density at radius 3 is 1.34 bits per heavy atom. The van der Waals surface area contributed by atoms with E-state index in [0.717, 1.165) is 22.3 Å². The zero-order valence-corrected chi connectivity index (χ0v) is 19.3. The lowest BCUT2D eigenvalue weighted by Crippen LogP contribution is -2.29. The van der Waals surface area contributed by atoms with E-state index < -0.39 is 0 Å². The molecule has 0 bridgehead atoms. The largest absolute Gasteiger partial charge is 0.350 e. The number of hydrogen-bond donors (Lipinski definition) is 3. The van der Waals surface area contributed by atoms with E-state index in [-0.39, 0.29) is 23.7 Å². The summed E-state index contributed by atoms with van der Waals surface area (Å²) in [7, 11) is 0. The molecular weight excluding hydrogens is 434 g/mol. The van der Waals surface area contributed by atoms with E-state index in [0.29, 0.717) is 24.5 Å². The van der Waals surface area contributed by atoms with Gasteiger partial charge in [0.2, 0.25) is 0 Å². The van der Waals surface area contributed by atoms with Gasteiger partial charge in [0, 0.05) is 36.1 Å². The highest BCUT2D eigenvalue weighted by Crippen LogP contribution is 2.38. The predicted octanol–water partition coefficient (Wildman–Crippen LogP) is 5.29. The number of aromatic amines is 1. The molecule has 0 atom stereocenters. The molecule has 0 saturated heterocycles. The number of carbonyl (C=O) groups is 2. The molecular formula is C30H27N3O2. The summed E-state index contributed by atoms with van der Waals surface area (Å²) in [6.07, 6.45) is 16.1. The van der Waals surface area contributed by atoms with Gasteiger partial charge in [-0.05, 0) is 11.1 Å². The van der Waals surface area contributed by atoms with Gasteiger partial charge in [-0.2, -0.15) is 0 Å². The van der Waals surface area contributed by atoms with Gasteiger partial charge >= 0.3 is 0 Å². The fraction of sp³-hybridized carbons (Fsp3) is 0.133. The molecule has 3 N–H and O–H groups in total. The Balaban J connectivity index is 1.57. The summed E-state index contributed by atoms with van der Waals surface area (Å²) in [4.78, 5) is 30.1. The standard InChI is InChI=1S/C30H27N3O2/c34-29(31-19-21-11-7-8-12-21)27-25(23-15-3-1-4-16-23)26(24-17-5-2-6-18-24)28(33-27)30(35)32-20-22-13-9-10-14-22/h1-18,21-22,33H,19-20H2,(H,31,34)(H,32,35). The van der Waals surface area contributed by atoms with Crippen LogP contribution in [0.25, 0.3) is 22.3 Å². The zero-order valence-electron chi connectivity index (χ0n) is 19.3. The lowest BCUT2D eigenvalue weighted by Gasteiger charge is -2.11. The van der Waals surface area contributed by atoms with E-state index in [4.69, 9.17) is 0 Å². The van der Waals surface area contributed by atoms with Crippen LogP contribution in [0.5, 0.6) is 0 Å². The van der Waals surface area contributed by atoms with Gasteiger partial charge in [-0.25, -0.2) is 0 Å². The molecule has 5 rings (SSSR count). The van der Waals surface area contributed by atoms with E-state index >= 15 is 0 Å². The molecule has 2 amide bonds. The van der Waals surface area contributed by atoms with Crippen LogP contribution in [0.15, 0.2) is 109 Å². The van der Waals surface area contributed by atoms with Crippen molar-refractivity contribution in [2.24, 2.45) is 11.8 Å². The van der Waals surface area contributed by atoms with Gasteiger partial charge in [-0.15, -0.1) is 0 Å². The molecule has 5 nitrogen and oxygen atoms in total. The normalized spacial score (nSPS) is 14.6. The van der Waals surface area contributed by atoms with E-state index in [1.54, 1.807) is 0 Å². The summed E-state index contributed by atoms with van der Waals surface area (Å²) >= 11 is 0. The van der Waals surface area contributed by atoms with Crippen LogP contribution in [0.4, 0.5) is 0 Å². The van der Waals surface area contributed by atoms with Crippen LogP contribution < -0.4 is 10.6 Å². The average Bonchev–Trinajstić information content (AvgIpc) is 3.68. The first-order valence-electron chi connectivity index (χ1n) is 11.8. The van der Waals surface area contributed by atoms with Gasteiger partial charge in [0.1, 0.15) is 11.4 Å². The van der Waals surface area contributed by atoms with Gasteiger partial charge in [0.15, 0.2) is 0 Å². The topological polar surface area (TPSA) is 74.0 Å². The van der Waals surface area contributed by atoms with Gasteiger partial charge in [0.25, 0.3) is 11.8 Å². The van der Waals surface area contributed by atoms with E-state index in [9.17, 15) is 9.59 Å². The number of rotatable bonds is 8. The molecule has 35 heavy (non-hydrogen) atoms. The third-order valence-corrected chi connectivity index (χ3v) is 6.23. The van der Waals surface area contributed by atoms with Gasteiger partial charge in [-0.1, -0.05) is 109 Å². The third kappa shape index (κ3) is 4.94. The molecule has 0 fully saturated rings. The van der Waals surface area contributed by atoms with Crippen LogP contribution in [0.2, 0.25) is 0 Å². The van der Waals surface area contributed by atoms with E-state index in [2.05, 4.69) is 15.6 Å². The van der Waals surface area contributed by atoms with Crippen molar-refractivity contribution >= 4 is 11.8 Å². The van der Waals surface area contributed by atoms with Crippen molar-refractivity contribution < 1.29 is 9.59 Å². The first-order valence-corrected chi connectivity index (χ1v) is 11.8. The Morgan fingerprint density at radius 2 is 0.971 bits per heavy atom. The molecule has 3 aromatic rings. The van der Waals surface area contributed by atoms with Crippen molar-refractivity contribution in [3.05, 3.63) is 121 Å². The molecule has 0 unspecified atom stereocenters. The molecule has 5 heteroatoms. The molecule has 1 heterocycles. The van der Waals surface area contributed by atoms with Crippen molar-refractivity contribution in [2.75, 3.05) is 13.1 Å². The summed E-state index contributed by atoms with van der Waals surface area (Å²) in [5.41, 5.74) is 3.94. The number of nitrogens with one attached hydrogen (secondary N) is 3. The van der Waals surface area contributed by atoms with Gasteiger partial charge in [-0.3, -0.25) is 9.59 Å². The highest BCUT2D eigenvalue weighted by molar-refractivity contribution is 6.11. The maximum Gasteiger partial charge on any atom is 0.268 e. The Morgan fingerprint density at radius 1 is 0.600 bits per heavy atom. The smallest absolute Gasteiger partial charge is 0.268 e. The Labute approximate surface area is 205 Å². The number of H-pyrrole nitrogens is 1. The van der Waals surface area contributed by atoms with Crippen molar-refractivity contribution in [2.45, 2.75) is 0 Å². The monoisotopic (exact) mass is 461 g/mol. The van der Waals surface area contributed by atoms with Crippen molar-refractivity contribution in [1.29, 1.82) is 0 Å². The Bertz CT molecular complexity index is 1200. The number of hydrogen-bond acceptors (Lipinski definition) is 2.